The fraction of sp³-hybridized carbons (Fsp3) is 0.833. The molecule has 58 valence electrons. The van der Waals surface area contributed by atoms with Crippen molar-refractivity contribution in [3.63, 3.8) is 0 Å². The summed E-state index contributed by atoms with van der Waals surface area (Å²) in [5.74, 6) is -0.347. The number of esters is 1. The second-order valence-corrected chi connectivity index (χ2v) is 2.34. The number of ether oxygens (including phenoxy) is 1. The number of carbonyl (C=O) groups excluding carboxylic acids is 1. The van der Waals surface area contributed by atoms with Crippen molar-refractivity contribution in [2.75, 3.05) is 13.7 Å². The van der Waals surface area contributed by atoms with Gasteiger partial charge in [0.1, 0.15) is 6.04 Å². The Balaban J connectivity index is 2.46. The number of rotatable bonds is 1. The first-order valence-electron chi connectivity index (χ1n) is 3.29. The highest BCUT2D eigenvalue weighted by atomic mass is 16.5. The van der Waals surface area contributed by atoms with Crippen LogP contribution in [0.15, 0.2) is 0 Å². The van der Waals surface area contributed by atoms with Crippen molar-refractivity contribution < 1.29 is 14.7 Å². The molecule has 1 aliphatic heterocycles. The molecule has 0 amide bonds. The predicted octanol–water partition coefficient (Wildman–Crippen LogP) is 0.0130. The average Bonchev–Trinajstić information content (AvgIpc) is 2.34. The Morgan fingerprint density at radius 3 is 2.90 bits per heavy atom. The van der Waals surface area contributed by atoms with Crippen molar-refractivity contribution in [1.82, 2.24) is 5.06 Å². The fourth-order valence-corrected chi connectivity index (χ4v) is 1.13. The van der Waals surface area contributed by atoms with E-state index in [0.717, 1.165) is 11.5 Å². The quantitative estimate of drug-likeness (QED) is 0.528. The molecule has 0 aromatic heterocycles. The Bertz CT molecular complexity index is 137. The van der Waals surface area contributed by atoms with Gasteiger partial charge in [0.2, 0.25) is 0 Å². The molecule has 1 saturated heterocycles. The van der Waals surface area contributed by atoms with Crippen LogP contribution in [-0.2, 0) is 9.53 Å². The van der Waals surface area contributed by atoms with E-state index in [4.69, 9.17) is 5.21 Å². The van der Waals surface area contributed by atoms with Crippen molar-refractivity contribution in [3.05, 3.63) is 0 Å². The third-order valence-electron chi connectivity index (χ3n) is 1.70. The maximum atomic E-state index is 10.8. The number of methoxy groups -OCH3 is 1. The summed E-state index contributed by atoms with van der Waals surface area (Å²) >= 11 is 0. The third kappa shape index (κ3) is 1.27. The van der Waals surface area contributed by atoms with Gasteiger partial charge in [-0.1, -0.05) is 0 Å². The highest BCUT2D eigenvalue weighted by molar-refractivity contribution is 5.75. The monoisotopic (exact) mass is 145 g/mol. The first-order chi connectivity index (χ1) is 4.75. The summed E-state index contributed by atoms with van der Waals surface area (Å²) in [4.78, 5) is 10.8. The molecule has 0 spiro atoms. The van der Waals surface area contributed by atoms with E-state index in [2.05, 4.69) is 4.74 Å². The van der Waals surface area contributed by atoms with Crippen molar-refractivity contribution >= 4 is 5.97 Å². The van der Waals surface area contributed by atoms with Gasteiger partial charge >= 0.3 is 5.97 Å². The molecule has 0 radical (unpaired) electrons. The summed E-state index contributed by atoms with van der Waals surface area (Å²) in [6, 6.07) is -0.426. The summed E-state index contributed by atoms with van der Waals surface area (Å²) in [6.07, 6.45) is 1.56. The number of hydroxylamine groups is 2. The molecule has 1 heterocycles. The fourth-order valence-electron chi connectivity index (χ4n) is 1.13. The van der Waals surface area contributed by atoms with Gasteiger partial charge in [0.05, 0.1) is 7.11 Å². The van der Waals surface area contributed by atoms with E-state index >= 15 is 0 Å². The molecule has 4 heteroatoms. The Kier molecular flexibility index (Phi) is 2.24. The molecule has 0 aromatic carbocycles. The lowest BCUT2D eigenvalue weighted by Crippen LogP contribution is -2.34. The van der Waals surface area contributed by atoms with Gasteiger partial charge < -0.3 is 9.94 Å². The molecule has 0 aliphatic carbocycles. The van der Waals surface area contributed by atoms with Crippen LogP contribution in [-0.4, -0.2) is 35.9 Å². The first-order valence-corrected chi connectivity index (χ1v) is 3.29. The van der Waals surface area contributed by atoms with E-state index in [1.54, 1.807) is 0 Å². The molecule has 0 saturated carbocycles. The minimum atomic E-state index is -0.426. The molecule has 4 nitrogen and oxygen atoms in total. The van der Waals surface area contributed by atoms with E-state index in [1.165, 1.54) is 7.11 Å². The largest absolute Gasteiger partial charge is 0.468 e. The molecular formula is C6H11NO3. The molecule has 1 atom stereocenters. The van der Waals surface area contributed by atoms with Gasteiger partial charge in [-0.05, 0) is 12.8 Å². The Labute approximate surface area is 59.3 Å². The van der Waals surface area contributed by atoms with Gasteiger partial charge in [0, 0.05) is 6.54 Å². The minimum Gasteiger partial charge on any atom is -0.468 e. The van der Waals surface area contributed by atoms with E-state index in [9.17, 15) is 4.79 Å². The Hall–Kier alpha value is -0.610. The lowest BCUT2D eigenvalue weighted by atomic mass is 10.2. The molecule has 10 heavy (non-hydrogen) atoms. The van der Waals surface area contributed by atoms with Gasteiger partial charge in [0.25, 0.3) is 0 Å². The Morgan fingerprint density at radius 2 is 2.50 bits per heavy atom. The topological polar surface area (TPSA) is 49.8 Å². The van der Waals surface area contributed by atoms with Gasteiger partial charge in [-0.3, -0.25) is 4.79 Å². The zero-order valence-electron chi connectivity index (χ0n) is 5.91. The van der Waals surface area contributed by atoms with E-state index < -0.39 is 6.04 Å². The number of carbonyl (C=O) groups is 1. The van der Waals surface area contributed by atoms with Gasteiger partial charge in [-0.15, -0.1) is 0 Å². The minimum absolute atomic E-state index is 0.347. The summed E-state index contributed by atoms with van der Waals surface area (Å²) in [6.45, 7) is 0.569. The van der Waals surface area contributed by atoms with E-state index in [0.29, 0.717) is 13.0 Å². The molecule has 1 N–H and O–H groups in total. The van der Waals surface area contributed by atoms with Crippen LogP contribution in [0, 0.1) is 0 Å². The van der Waals surface area contributed by atoms with Crippen LogP contribution in [0.2, 0.25) is 0 Å². The van der Waals surface area contributed by atoms with Crippen molar-refractivity contribution in [2.24, 2.45) is 0 Å². The zero-order chi connectivity index (χ0) is 7.56. The zero-order valence-corrected chi connectivity index (χ0v) is 5.91. The normalized spacial score (nSPS) is 26.8. The molecule has 0 aromatic rings. The van der Waals surface area contributed by atoms with Crippen LogP contribution >= 0.6 is 0 Å². The lowest BCUT2D eigenvalue weighted by molar-refractivity contribution is -0.164. The van der Waals surface area contributed by atoms with Crippen molar-refractivity contribution in [2.45, 2.75) is 18.9 Å². The van der Waals surface area contributed by atoms with Crippen LogP contribution in [0.4, 0.5) is 0 Å². The van der Waals surface area contributed by atoms with Crippen LogP contribution in [0.3, 0.4) is 0 Å². The van der Waals surface area contributed by atoms with Crippen LogP contribution in [0.25, 0.3) is 0 Å². The van der Waals surface area contributed by atoms with E-state index in [-0.39, 0.29) is 5.97 Å². The standard InChI is InChI=1S/C6H11NO3/c1-10-6(8)5-3-2-4-7(5)9/h5,9H,2-4H2,1H3/t5-/m0/s1. The van der Waals surface area contributed by atoms with Crippen molar-refractivity contribution in [1.29, 1.82) is 0 Å². The number of nitrogens with zero attached hydrogens (tertiary/aromatic N) is 1. The maximum Gasteiger partial charge on any atom is 0.325 e. The van der Waals surface area contributed by atoms with Crippen LogP contribution < -0.4 is 0 Å². The highest BCUT2D eigenvalue weighted by Crippen LogP contribution is 2.14. The molecule has 0 unspecified atom stereocenters. The van der Waals surface area contributed by atoms with Crippen LogP contribution in [0.1, 0.15) is 12.8 Å². The number of hydrogen-bond acceptors (Lipinski definition) is 4. The first kappa shape index (κ1) is 7.50. The molecule has 1 aliphatic rings. The summed E-state index contributed by atoms with van der Waals surface area (Å²) in [7, 11) is 1.33. The smallest absolute Gasteiger partial charge is 0.325 e. The highest BCUT2D eigenvalue weighted by Gasteiger charge is 2.30. The molecule has 1 rings (SSSR count). The third-order valence-corrected chi connectivity index (χ3v) is 1.70. The molecule has 0 bridgehead atoms. The van der Waals surface area contributed by atoms with Gasteiger partial charge in [0.15, 0.2) is 0 Å². The molecule has 1 fully saturated rings. The molecular weight excluding hydrogens is 134 g/mol. The predicted molar refractivity (Wildman–Crippen MR) is 33.5 cm³/mol. The van der Waals surface area contributed by atoms with Gasteiger partial charge in [-0.25, -0.2) is 0 Å². The lowest BCUT2D eigenvalue weighted by Gasteiger charge is -2.13. The summed E-state index contributed by atoms with van der Waals surface area (Å²) in [5.41, 5.74) is 0. The second kappa shape index (κ2) is 2.98. The average molecular weight is 145 g/mol. The van der Waals surface area contributed by atoms with Crippen molar-refractivity contribution in [3.8, 4) is 0 Å². The second-order valence-electron chi connectivity index (χ2n) is 2.34. The SMILES string of the molecule is COC(=O)[C@@H]1CCCN1O. The number of hydrogen-bond donors (Lipinski definition) is 1. The Morgan fingerprint density at radius 1 is 1.80 bits per heavy atom. The summed E-state index contributed by atoms with van der Waals surface area (Å²) in [5, 5.41) is 10.1. The summed E-state index contributed by atoms with van der Waals surface area (Å²) < 4.78 is 4.46. The van der Waals surface area contributed by atoms with Gasteiger partial charge in [-0.2, -0.15) is 5.06 Å². The van der Waals surface area contributed by atoms with Crippen LogP contribution in [0.5, 0.6) is 0 Å². The maximum absolute atomic E-state index is 10.8. The van der Waals surface area contributed by atoms with E-state index in [1.807, 2.05) is 0 Å².